The van der Waals surface area contributed by atoms with E-state index in [-0.39, 0.29) is 16.6 Å². The van der Waals surface area contributed by atoms with Gasteiger partial charge in [0.1, 0.15) is 5.82 Å². The van der Waals surface area contributed by atoms with Crippen molar-refractivity contribution in [1.82, 2.24) is 0 Å². The smallest absolute Gasteiger partial charge is 0.238 e. The maximum Gasteiger partial charge on any atom is 0.238 e. The molecule has 1 aromatic rings. The zero-order chi connectivity index (χ0) is 14.8. The Hall–Kier alpha value is -1.19. The molecule has 1 aromatic carbocycles. The number of nitrogens with one attached hydrogen (secondary N) is 1. The summed E-state index contributed by atoms with van der Waals surface area (Å²) in [5, 5.41) is 4.89. The van der Waals surface area contributed by atoms with E-state index in [1.54, 1.807) is 13.8 Å². The predicted octanol–water partition coefficient (Wildman–Crippen LogP) is 0.871. The molecule has 0 aliphatic rings. The Balaban J connectivity index is 3.15. The maximum atomic E-state index is 13.5. The van der Waals surface area contributed by atoms with Crippen LogP contribution in [0.1, 0.15) is 13.8 Å². The van der Waals surface area contributed by atoms with Crippen LogP contribution in [0.25, 0.3) is 0 Å². The Morgan fingerprint density at radius 2 is 1.84 bits per heavy atom. The third-order valence-electron chi connectivity index (χ3n) is 2.08. The van der Waals surface area contributed by atoms with E-state index < -0.39 is 31.6 Å². The zero-order valence-corrected chi connectivity index (χ0v) is 12.1. The molecule has 6 nitrogen and oxygen atoms in total. The number of benzene rings is 1. The fourth-order valence-electron chi connectivity index (χ4n) is 1.41. The molecule has 0 aliphatic carbocycles. The van der Waals surface area contributed by atoms with Gasteiger partial charge in [-0.3, -0.25) is 4.72 Å². The van der Waals surface area contributed by atoms with Gasteiger partial charge in [0, 0.05) is 0 Å². The number of hydrogen-bond acceptors (Lipinski definition) is 4. The van der Waals surface area contributed by atoms with Crippen molar-refractivity contribution in [3.63, 3.8) is 0 Å². The molecular formula is C10H15FN2O4S2. The van der Waals surface area contributed by atoms with E-state index in [1.165, 1.54) is 0 Å². The van der Waals surface area contributed by atoms with Crippen molar-refractivity contribution in [3.05, 3.63) is 24.0 Å². The average Bonchev–Trinajstić information content (AvgIpc) is 2.17. The Labute approximate surface area is 111 Å². The molecule has 0 atom stereocenters. The number of rotatable bonds is 5. The van der Waals surface area contributed by atoms with Gasteiger partial charge in [0.05, 0.1) is 16.3 Å². The SMILES string of the molecule is CC(C)CS(=O)(=O)Nc1cc(S(N)(=O)=O)ccc1F. The maximum absolute atomic E-state index is 13.5. The summed E-state index contributed by atoms with van der Waals surface area (Å²) in [5.41, 5.74) is -0.438. The highest BCUT2D eigenvalue weighted by atomic mass is 32.2. The van der Waals surface area contributed by atoms with E-state index in [9.17, 15) is 21.2 Å². The largest absolute Gasteiger partial charge is 0.281 e. The second-order valence-corrected chi connectivity index (χ2v) is 7.79. The molecule has 0 heterocycles. The highest BCUT2D eigenvalue weighted by molar-refractivity contribution is 7.92. The fraction of sp³-hybridized carbons (Fsp3) is 0.400. The molecule has 0 radical (unpaired) electrons. The van der Waals surface area contributed by atoms with Gasteiger partial charge in [-0.05, 0) is 24.1 Å². The lowest BCUT2D eigenvalue weighted by Crippen LogP contribution is -2.21. The van der Waals surface area contributed by atoms with Crippen molar-refractivity contribution in [2.45, 2.75) is 18.7 Å². The van der Waals surface area contributed by atoms with Gasteiger partial charge < -0.3 is 0 Å². The van der Waals surface area contributed by atoms with E-state index >= 15 is 0 Å². The number of nitrogens with two attached hydrogens (primary N) is 1. The van der Waals surface area contributed by atoms with Gasteiger partial charge in [-0.1, -0.05) is 13.8 Å². The van der Waals surface area contributed by atoms with Crippen molar-refractivity contribution < 1.29 is 21.2 Å². The number of primary sulfonamides is 1. The van der Waals surface area contributed by atoms with Crippen LogP contribution in [-0.4, -0.2) is 22.6 Å². The minimum absolute atomic E-state index is 0.151. The monoisotopic (exact) mass is 310 g/mol. The van der Waals surface area contributed by atoms with E-state index in [0.717, 1.165) is 18.2 Å². The summed E-state index contributed by atoms with van der Waals surface area (Å²) in [6, 6.07) is 2.65. The first-order valence-corrected chi connectivity index (χ1v) is 8.54. The number of halogens is 1. The molecule has 19 heavy (non-hydrogen) atoms. The van der Waals surface area contributed by atoms with Crippen molar-refractivity contribution in [2.24, 2.45) is 11.1 Å². The Morgan fingerprint density at radius 1 is 1.26 bits per heavy atom. The fourth-order valence-corrected chi connectivity index (χ4v) is 3.40. The molecular weight excluding hydrogens is 295 g/mol. The molecule has 9 heteroatoms. The van der Waals surface area contributed by atoms with Crippen molar-refractivity contribution in [2.75, 3.05) is 10.5 Å². The van der Waals surface area contributed by atoms with Gasteiger partial charge in [0.2, 0.25) is 20.0 Å². The Kier molecular flexibility index (Phi) is 4.54. The summed E-state index contributed by atoms with van der Waals surface area (Å²) in [6.45, 7) is 3.38. The third-order valence-corrected chi connectivity index (χ3v) is 4.63. The van der Waals surface area contributed by atoms with E-state index in [4.69, 9.17) is 5.14 Å². The van der Waals surface area contributed by atoms with Gasteiger partial charge in [-0.25, -0.2) is 26.4 Å². The van der Waals surface area contributed by atoms with Crippen LogP contribution in [0, 0.1) is 11.7 Å². The van der Waals surface area contributed by atoms with E-state index in [0.29, 0.717) is 0 Å². The molecule has 0 spiro atoms. The second kappa shape index (κ2) is 5.43. The summed E-state index contributed by atoms with van der Waals surface area (Å²) in [5.74, 6) is -1.23. The third kappa shape index (κ3) is 4.77. The van der Waals surface area contributed by atoms with Crippen molar-refractivity contribution >= 4 is 25.7 Å². The Morgan fingerprint density at radius 3 is 2.32 bits per heavy atom. The lowest BCUT2D eigenvalue weighted by molar-refractivity contribution is 0.584. The van der Waals surface area contributed by atoms with Crippen LogP contribution in [0.3, 0.4) is 0 Å². The molecule has 1 rings (SSSR count). The molecule has 0 saturated heterocycles. The standard InChI is InChI=1S/C10H15FN2O4S2/c1-7(2)6-18(14,15)13-10-5-8(19(12,16)17)3-4-9(10)11/h3-5,7,13H,6H2,1-2H3,(H2,12,16,17). The summed E-state index contributed by atoms with van der Waals surface area (Å²) >= 11 is 0. The lowest BCUT2D eigenvalue weighted by atomic mass is 10.3. The van der Waals surface area contributed by atoms with Gasteiger partial charge >= 0.3 is 0 Å². The molecule has 0 unspecified atom stereocenters. The summed E-state index contributed by atoms with van der Waals surface area (Å²) < 4.78 is 61.0. The lowest BCUT2D eigenvalue weighted by Gasteiger charge is -2.11. The van der Waals surface area contributed by atoms with Crippen LogP contribution in [0.5, 0.6) is 0 Å². The topological polar surface area (TPSA) is 106 Å². The molecule has 0 aliphatic heterocycles. The molecule has 0 saturated carbocycles. The second-order valence-electron chi connectivity index (χ2n) is 4.46. The molecule has 0 amide bonds. The number of anilines is 1. The van der Waals surface area contributed by atoms with Crippen LogP contribution in [0.4, 0.5) is 10.1 Å². The minimum Gasteiger partial charge on any atom is -0.281 e. The van der Waals surface area contributed by atoms with E-state index in [1.807, 2.05) is 4.72 Å². The molecule has 0 aromatic heterocycles. The summed E-state index contributed by atoms with van der Waals surface area (Å²) in [7, 11) is -7.77. The van der Waals surface area contributed by atoms with Crippen LogP contribution in [0.2, 0.25) is 0 Å². The van der Waals surface area contributed by atoms with Crippen LogP contribution in [-0.2, 0) is 20.0 Å². The quantitative estimate of drug-likeness (QED) is 0.841. The van der Waals surface area contributed by atoms with Gasteiger partial charge in [-0.15, -0.1) is 0 Å². The number of sulfonamides is 2. The van der Waals surface area contributed by atoms with Gasteiger partial charge in [0.25, 0.3) is 0 Å². The average molecular weight is 310 g/mol. The van der Waals surface area contributed by atoms with Crippen molar-refractivity contribution in [3.8, 4) is 0 Å². The normalized spacial score (nSPS) is 12.7. The van der Waals surface area contributed by atoms with Crippen LogP contribution < -0.4 is 9.86 Å². The van der Waals surface area contributed by atoms with Gasteiger partial charge in [-0.2, -0.15) is 0 Å². The summed E-state index contributed by atoms with van der Waals surface area (Å²) in [4.78, 5) is -0.365. The first kappa shape index (κ1) is 15.9. The zero-order valence-electron chi connectivity index (χ0n) is 10.4. The highest BCUT2D eigenvalue weighted by Gasteiger charge is 2.17. The van der Waals surface area contributed by atoms with Crippen LogP contribution in [0.15, 0.2) is 23.1 Å². The molecule has 0 fully saturated rings. The molecule has 3 N–H and O–H groups in total. The minimum atomic E-state index is -4.02. The molecule has 108 valence electrons. The summed E-state index contributed by atoms with van der Waals surface area (Å²) in [6.07, 6.45) is 0. The van der Waals surface area contributed by atoms with Crippen molar-refractivity contribution in [1.29, 1.82) is 0 Å². The number of hydrogen-bond donors (Lipinski definition) is 2. The highest BCUT2D eigenvalue weighted by Crippen LogP contribution is 2.20. The first-order valence-electron chi connectivity index (χ1n) is 5.34. The van der Waals surface area contributed by atoms with E-state index in [2.05, 4.69) is 0 Å². The Bertz CT molecular complexity index is 669. The van der Waals surface area contributed by atoms with Crippen LogP contribution >= 0.6 is 0 Å². The first-order chi connectivity index (χ1) is 8.51. The molecule has 0 bridgehead atoms. The predicted molar refractivity (Wildman–Crippen MR) is 70.0 cm³/mol. The van der Waals surface area contributed by atoms with Gasteiger partial charge in [0.15, 0.2) is 0 Å².